The van der Waals surface area contributed by atoms with Crippen molar-refractivity contribution in [3.8, 4) is 0 Å². The van der Waals surface area contributed by atoms with Crippen molar-refractivity contribution in [1.29, 1.82) is 0 Å². The van der Waals surface area contributed by atoms with Crippen molar-refractivity contribution in [2.75, 3.05) is 20.2 Å². The third-order valence-electron chi connectivity index (χ3n) is 6.00. The van der Waals surface area contributed by atoms with Crippen LogP contribution in [0.2, 0.25) is 5.02 Å². The van der Waals surface area contributed by atoms with Crippen molar-refractivity contribution in [1.82, 2.24) is 10.2 Å². The minimum absolute atomic E-state index is 0.0206. The zero-order valence-electron chi connectivity index (χ0n) is 16.3. The molecule has 1 aliphatic heterocycles. The van der Waals surface area contributed by atoms with Gasteiger partial charge < -0.3 is 20.1 Å². The van der Waals surface area contributed by atoms with Crippen LogP contribution in [0.4, 0.5) is 0 Å². The Balaban J connectivity index is 1.45. The van der Waals surface area contributed by atoms with Crippen LogP contribution in [0.15, 0.2) is 24.3 Å². The molecule has 28 heavy (non-hydrogen) atoms. The van der Waals surface area contributed by atoms with E-state index in [4.69, 9.17) is 16.3 Å². The van der Waals surface area contributed by atoms with Gasteiger partial charge in [-0.15, -0.1) is 0 Å². The summed E-state index contributed by atoms with van der Waals surface area (Å²) in [7, 11) is 1.58. The molecule has 1 saturated carbocycles. The highest BCUT2D eigenvalue weighted by atomic mass is 35.5. The number of methoxy groups -OCH3 is 1. The highest BCUT2D eigenvalue weighted by molar-refractivity contribution is 6.31. The topological polar surface area (TPSA) is 78.9 Å². The van der Waals surface area contributed by atoms with Gasteiger partial charge in [0.2, 0.25) is 11.8 Å². The van der Waals surface area contributed by atoms with Gasteiger partial charge in [-0.25, -0.2) is 0 Å². The molecule has 2 fully saturated rings. The molecule has 1 aromatic rings. The van der Waals surface area contributed by atoms with E-state index in [0.717, 1.165) is 5.56 Å². The van der Waals surface area contributed by atoms with Crippen LogP contribution in [0.5, 0.6) is 0 Å². The van der Waals surface area contributed by atoms with Gasteiger partial charge in [-0.05, 0) is 43.7 Å². The molecule has 1 saturated heterocycles. The number of halogens is 1. The number of nitrogens with zero attached hydrogens (tertiary/aromatic N) is 1. The molecule has 0 aromatic heterocycles. The lowest BCUT2D eigenvalue weighted by atomic mass is 9.83. The molecule has 3 rings (SSSR count). The number of aliphatic hydroxyl groups excluding tert-OH is 1. The number of carbonyl (C=O) groups is 2. The molecular formula is C21H29ClN2O4. The van der Waals surface area contributed by atoms with E-state index < -0.39 is 6.10 Å². The second-order valence-electron chi connectivity index (χ2n) is 7.76. The summed E-state index contributed by atoms with van der Waals surface area (Å²) in [6, 6.07) is 7.47. The number of hydrogen-bond donors (Lipinski definition) is 2. The second-order valence-corrected chi connectivity index (χ2v) is 8.17. The van der Waals surface area contributed by atoms with Gasteiger partial charge in [0.15, 0.2) is 0 Å². The maximum atomic E-state index is 12.8. The molecule has 7 heteroatoms. The summed E-state index contributed by atoms with van der Waals surface area (Å²) in [6.07, 6.45) is 2.44. The molecule has 1 heterocycles. The van der Waals surface area contributed by atoms with E-state index >= 15 is 0 Å². The molecular weight excluding hydrogens is 380 g/mol. The monoisotopic (exact) mass is 408 g/mol. The van der Waals surface area contributed by atoms with Gasteiger partial charge in [0.25, 0.3) is 0 Å². The number of carbonyl (C=O) groups excluding carboxylic acids is 2. The number of benzene rings is 1. The Morgan fingerprint density at radius 2 is 1.89 bits per heavy atom. The van der Waals surface area contributed by atoms with Gasteiger partial charge >= 0.3 is 0 Å². The number of ether oxygens (including phenoxy) is 1. The Labute approximate surface area is 171 Å². The summed E-state index contributed by atoms with van der Waals surface area (Å²) in [5.41, 5.74) is 0.900. The average molecular weight is 409 g/mol. The quantitative estimate of drug-likeness (QED) is 0.784. The van der Waals surface area contributed by atoms with Crippen LogP contribution in [0.1, 0.15) is 37.7 Å². The Kier molecular flexibility index (Phi) is 7.32. The van der Waals surface area contributed by atoms with Crippen LogP contribution in [-0.2, 0) is 20.9 Å². The molecule has 2 N–H and O–H groups in total. The minimum atomic E-state index is -0.485. The van der Waals surface area contributed by atoms with Crippen molar-refractivity contribution in [2.24, 2.45) is 11.8 Å². The minimum Gasteiger partial charge on any atom is -0.390 e. The van der Waals surface area contributed by atoms with Crippen LogP contribution < -0.4 is 5.32 Å². The SMILES string of the molecule is COC1CC(C(=O)N2CCC(C(=O)NCc3ccccc3Cl)CC2)CCC1O. The van der Waals surface area contributed by atoms with E-state index in [9.17, 15) is 14.7 Å². The number of rotatable bonds is 5. The number of piperidine rings is 1. The predicted molar refractivity (Wildman–Crippen MR) is 107 cm³/mol. The van der Waals surface area contributed by atoms with Gasteiger partial charge in [0.05, 0.1) is 12.2 Å². The average Bonchev–Trinajstić information content (AvgIpc) is 2.73. The van der Waals surface area contributed by atoms with Crippen LogP contribution in [-0.4, -0.2) is 54.2 Å². The van der Waals surface area contributed by atoms with Crippen LogP contribution >= 0.6 is 11.6 Å². The van der Waals surface area contributed by atoms with Crippen molar-refractivity contribution >= 4 is 23.4 Å². The number of nitrogens with one attached hydrogen (secondary N) is 1. The molecule has 3 unspecified atom stereocenters. The van der Waals surface area contributed by atoms with Gasteiger partial charge in [0.1, 0.15) is 0 Å². The third-order valence-corrected chi connectivity index (χ3v) is 6.37. The number of likely N-dealkylation sites (tertiary alicyclic amines) is 1. The fraction of sp³-hybridized carbons (Fsp3) is 0.619. The smallest absolute Gasteiger partial charge is 0.225 e. The fourth-order valence-electron chi connectivity index (χ4n) is 4.18. The highest BCUT2D eigenvalue weighted by Crippen LogP contribution is 2.29. The Hall–Kier alpha value is -1.63. The van der Waals surface area contributed by atoms with E-state index in [1.807, 2.05) is 29.2 Å². The summed E-state index contributed by atoms with van der Waals surface area (Å²) in [5.74, 6) is -0.0264. The molecule has 0 bridgehead atoms. The molecule has 2 aliphatic rings. The summed E-state index contributed by atoms with van der Waals surface area (Å²) in [4.78, 5) is 27.2. The Morgan fingerprint density at radius 1 is 1.18 bits per heavy atom. The lowest BCUT2D eigenvalue weighted by molar-refractivity contribution is -0.143. The number of amides is 2. The first-order chi connectivity index (χ1) is 13.5. The predicted octanol–water partition coefficient (Wildman–Crippen LogP) is 2.37. The molecule has 3 atom stereocenters. The zero-order chi connectivity index (χ0) is 20.1. The second kappa shape index (κ2) is 9.72. The maximum absolute atomic E-state index is 12.8. The molecule has 0 radical (unpaired) electrons. The first-order valence-corrected chi connectivity index (χ1v) is 10.4. The Bertz CT molecular complexity index is 691. The summed E-state index contributed by atoms with van der Waals surface area (Å²) < 4.78 is 5.31. The number of hydrogen-bond acceptors (Lipinski definition) is 4. The van der Waals surface area contributed by atoms with Crippen LogP contribution in [0, 0.1) is 11.8 Å². The molecule has 1 aliphatic carbocycles. The summed E-state index contributed by atoms with van der Waals surface area (Å²) >= 11 is 6.13. The van der Waals surface area contributed by atoms with Gasteiger partial charge in [-0.1, -0.05) is 29.8 Å². The van der Waals surface area contributed by atoms with Crippen molar-refractivity contribution < 1.29 is 19.4 Å². The van der Waals surface area contributed by atoms with E-state index in [-0.39, 0.29) is 29.8 Å². The molecule has 6 nitrogen and oxygen atoms in total. The number of aliphatic hydroxyl groups is 1. The standard InChI is InChI=1S/C21H29ClN2O4/c1-28-19-12-15(6-7-18(19)25)21(27)24-10-8-14(9-11-24)20(26)23-13-16-4-2-3-5-17(16)22/h2-5,14-15,18-19,25H,6-13H2,1H3,(H,23,26). The maximum Gasteiger partial charge on any atom is 0.225 e. The van der Waals surface area contributed by atoms with Gasteiger partial charge in [0, 0.05) is 43.6 Å². The fourth-order valence-corrected chi connectivity index (χ4v) is 4.38. The van der Waals surface area contributed by atoms with E-state index in [1.165, 1.54) is 0 Å². The van der Waals surface area contributed by atoms with E-state index in [1.54, 1.807) is 7.11 Å². The van der Waals surface area contributed by atoms with Crippen molar-refractivity contribution in [3.63, 3.8) is 0 Å². The molecule has 154 valence electrons. The summed E-state index contributed by atoms with van der Waals surface area (Å²) in [5, 5.41) is 13.5. The van der Waals surface area contributed by atoms with Crippen LogP contribution in [0.3, 0.4) is 0 Å². The largest absolute Gasteiger partial charge is 0.390 e. The first kappa shape index (κ1) is 21.1. The van der Waals surface area contributed by atoms with Gasteiger partial charge in [-0.2, -0.15) is 0 Å². The lowest BCUT2D eigenvalue weighted by Crippen LogP contribution is -2.47. The first-order valence-electron chi connectivity index (χ1n) is 10.0. The van der Waals surface area contributed by atoms with Gasteiger partial charge in [-0.3, -0.25) is 9.59 Å². The van der Waals surface area contributed by atoms with Crippen molar-refractivity contribution in [2.45, 2.75) is 50.9 Å². The third kappa shape index (κ3) is 5.04. The normalized spacial score (nSPS) is 26.1. The lowest BCUT2D eigenvalue weighted by Gasteiger charge is -2.37. The van der Waals surface area contributed by atoms with Crippen molar-refractivity contribution in [3.05, 3.63) is 34.9 Å². The molecule has 0 spiro atoms. The molecule has 2 amide bonds. The Morgan fingerprint density at radius 3 is 2.57 bits per heavy atom. The van der Waals surface area contributed by atoms with E-state index in [0.29, 0.717) is 56.8 Å². The molecule has 1 aromatic carbocycles. The summed E-state index contributed by atoms with van der Waals surface area (Å²) in [6.45, 7) is 1.61. The highest BCUT2D eigenvalue weighted by Gasteiger charge is 2.36. The van der Waals surface area contributed by atoms with E-state index in [2.05, 4.69) is 5.32 Å². The zero-order valence-corrected chi connectivity index (χ0v) is 17.0. The van der Waals surface area contributed by atoms with Crippen LogP contribution in [0.25, 0.3) is 0 Å².